The Hall–Kier alpha value is -5.20. The van der Waals surface area contributed by atoms with Gasteiger partial charge in [0.15, 0.2) is 0 Å². The van der Waals surface area contributed by atoms with E-state index in [1.165, 1.54) is 88.0 Å². The third-order valence-corrected chi connectivity index (χ3v) is 9.53. The molecule has 0 aliphatic heterocycles. The Morgan fingerprint density at radius 3 is 1.27 bits per heavy atom. The minimum absolute atomic E-state index is 0.113. The lowest BCUT2D eigenvalue weighted by atomic mass is 9.82. The van der Waals surface area contributed by atoms with E-state index in [4.69, 9.17) is 0 Å². The lowest BCUT2D eigenvalue weighted by Gasteiger charge is -2.22. The summed E-state index contributed by atoms with van der Waals surface area (Å²) in [4.78, 5) is 0. The summed E-state index contributed by atoms with van der Waals surface area (Å²) in [5.41, 5.74) is 12.8. The Morgan fingerprint density at radius 2 is 0.800 bits per heavy atom. The average molecular weight is 577 g/mol. The normalized spacial score (nSPS) is 12.0. The first-order chi connectivity index (χ1) is 21.8. The van der Waals surface area contributed by atoms with E-state index in [0.717, 1.165) is 0 Å². The van der Waals surface area contributed by atoms with Gasteiger partial charge in [-0.15, -0.1) is 0 Å². The van der Waals surface area contributed by atoms with Gasteiger partial charge in [-0.25, -0.2) is 0 Å². The van der Waals surface area contributed by atoms with Gasteiger partial charge in [0.1, 0.15) is 0 Å². The summed E-state index contributed by atoms with van der Waals surface area (Å²) < 4.78 is 0. The van der Waals surface area contributed by atoms with Crippen molar-refractivity contribution in [1.29, 1.82) is 0 Å². The predicted molar refractivity (Wildman–Crippen MR) is 195 cm³/mol. The molecule has 0 heteroatoms. The van der Waals surface area contributed by atoms with Crippen molar-refractivity contribution in [1.82, 2.24) is 0 Å². The fourth-order valence-electron chi connectivity index (χ4n) is 6.95. The molecule has 0 aliphatic carbocycles. The first kappa shape index (κ1) is 27.4. The fraction of sp³-hybridized carbons (Fsp3) is 0.111. The predicted octanol–water partition coefficient (Wildman–Crippen LogP) is 12.9. The van der Waals surface area contributed by atoms with Crippen LogP contribution in [0.15, 0.2) is 146 Å². The maximum atomic E-state index is 2.39. The van der Waals surface area contributed by atoms with Gasteiger partial charge in [-0.3, -0.25) is 0 Å². The molecule has 0 saturated heterocycles. The van der Waals surface area contributed by atoms with E-state index >= 15 is 0 Å². The zero-order valence-corrected chi connectivity index (χ0v) is 26.4. The Kier molecular flexibility index (Phi) is 6.36. The fourth-order valence-corrected chi connectivity index (χ4v) is 6.95. The summed E-state index contributed by atoms with van der Waals surface area (Å²) in [7, 11) is 0. The van der Waals surface area contributed by atoms with Crippen LogP contribution < -0.4 is 0 Å². The summed E-state index contributed by atoms with van der Waals surface area (Å²) in [6.45, 7) is 9.14. The van der Waals surface area contributed by atoms with Crippen LogP contribution in [0.25, 0.3) is 76.8 Å². The van der Waals surface area contributed by atoms with Crippen molar-refractivity contribution in [3.63, 3.8) is 0 Å². The summed E-state index contributed by atoms with van der Waals surface area (Å²) in [5, 5.41) is 8.11. The molecule has 8 rings (SSSR count). The molecule has 0 N–H and O–H groups in total. The van der Waals surface area contributed by atoms with Crippen molar-refractivity contribution < 1.29 is 0 Å². The molecule has 216 valence electrons. The smallest absolute Gasteiger partial charge is 0.00179 e. The molecule has 0 radical (unpaired) electrons. The first-order valence-electron chi connectivity index (χ1n) is 15.9. The highest BCUT2D eigenvalue weighted by atomic mass is 14.2. The maximum absolute atomic E-state index is 2.39. The molecule has 0 aromatic heterocycles. The molecule has 45 heavy (non-hydrogen) atoms. The van der Waals surface area contributed by atoms with Gasteiger partial charge in [0.25, 0.3) is 0 Å². The van der Waals surface area contributed by atoms with Gasteiger partial charge in [0.2, 0.25) is 0 Å². The molecule has 0 bridgehead atoms. The lowest BCUT2D eigenvalue weighted by molar-refractivity contribution is 0.591. The van der Waals surface area contributed by atoms with Crippen LogP contribution in [-0.4, -0.2) is 0 Å². The van der Waals surface area contributed by atoms with Gasteiger partial charge in [0, 0.05) is 0 Å². The summed E-state index contributed by atoms with van der Waals surface area (Å²) in [5.74, 6) is 0. The molecular formula is C45H36. The van der Waals surface area contributed by atoms with Gasteiger partial charge in [-0.05, 0) is 100 Å². The monoisotopic (exact) mass is 576 g/mol. The Balaban J connectivity index is 1.12. The first-order valence-corrected chi connectivity index (χ1v) is 15.9. The van der Waals surface area contributed by atoms with Crippen LogP contribution in [0.1, 0.15) is 31.9 Å². The molecule has 0 aliphatic rings. The highest BCUT2D eigenvalue weighted by Gasteiger charge is 2.19. The number of aryl methyl sites for hydroxylation is 1. The minimum Gasteiger partial charge on any atom is -0.0622 e. The van der Waals surface area contributed by atoms with Crippen LogP contribution in [0.5, 0.6) is 0 Å². The summed E-state index contributed by atoms with van der Waals surface area (Å²) >= 11 is 0. The van der Waals surface area contributed by atoms with Gasteiger partial charge in [-0.2, -0.15) is 0 Å². The molecule has 0 heterocycles. The highest BCUT2D eigenvalue weighted by Crippen LogP contribution is 2.42. The zero-order valence-electron chi connectivity index (χ0n) is 26.4. The van der Waals surface area contributed by atoms with E-state index in [1.807, 2.05) is 0 Å². The van der Waals surface area contributed by atoms with E-state index in [2.05, 4.69) is 173 Å². The Labute approximate surface area is 266 Å². The highest BCUT2D eigenvalue weighted by molar-refractivity contribution is 6.26. The molecule has 0 saturated carbocycles. The summed E-state index contributed by atoms with van der Waals surface area (Å²) in [6.07, 6.45) is 0. The minimum atomic E-state index is 0.113. The van der Waals surface area contributed by atoms with Gasteiger partial charge in [0.05, 0.1) is 0 Å². The molecule has 0 nitrogen and oxygen atoms in total. The topological polar surface area (TPSA) is 0 Å². The van der Waals surface area contributed by atoms with Crippen LogP contribution in [0.3, 0.4) is 0 Å². The quantitative estimate of drug-likeness (QED) is 0.183. The Bertz CT molecular complexity index is 2280. The second-order valence-corrected chi connectivity index (χ2v) is 13.5. The van der Waals surface area contributed by atoms with Crippen LogP contribution >= 0.6 is 0 Å². The molecule has 0 amide bonds. The van der Waals surface area contributed by atoms with Crippen molar-refractivity contribution in [3.8, 4) is 44.5 Å². The third-order valence-electron chi connectivity index (χ3n) is 9.53. The van der Waals surface area contributed by atoms with E-state index in [1.54, 1.807) is 0 Å². The molecule has 0 unspecified atom stereocenters. The number of hydrogen-bond acceptors (Lipinski definition) is 0. The second-order valence-electron chi connectivity index (χ2n) is 13.5. The lowest BCUT2D eigenvalue weighted by Crippen LogP contribution is -2.10. The van der Waals surface area contributed by atoms with E-state index in [-0.39, 0.29) is 5.41 Å². The Morgan fingerprint density at radius 1 is 0.378 bits per heavy atom. The second kappa shape index (κ2) is 10.5. The van der Waals surface area contributed by atoms with Crippen molar-refractivity contribution >= 4 is 32.3 Å². The van der Waals surface area contributed by atoms with Crippen molar-refractivity contribution in [3.05, 3.63) is 157 Å². The molecule has 8 aromatic carbocycles. The molecular weight excluding hydrogens is 540 g/mol. The third kappa shape index (κ3) is 4.78. The molecule has 0 spiro atoms. The number of benzene rings is 8. The van der Waals surface area contributed by atoms with E-state index in [9.17, 15) is 0 Å². The van der Waals surface area contributed by atoms with Crippen molar-refractivity contribution in [2.75, 3.05) is 0 Å². The van der Waals surface area contributed by atoms with Gasteiger partial charge in [-0.1, -0.05) is 166 Å². The molecule has 0 fully saturated rings. The number of rotatable bonds is 4. The molecule has 0 atom stereocenters. The van der Waals surface area contributed by atoms with Gasteiger partial charge < -0.3 is 0 Å². The van der Waals surface area contributed by atoms with Crippen LogP contribution in [-0.2, 0) is 5.41 Å². The van der Waals surface area contributed by atoms with Crippen molar-refractivity contribution in [2.45, 2.75) is 33.1 Å². The largest absolute Gasteiger partial charge is 0.0622 e. The summed E-state index contributed by atoms with van der Waals surface area (Å²) in [6, 6.07) is 53.9. The van der Waals surface area contributed by atoms with Crippen molar-refractivity contribution in [2.24, 2.45) is 0 Å². The van der Waals surface area contributed by atoms with Crippen LogP contribution in [0, 0.1) is 6.92 Å². The van der Waals surface area contributed by atoms with Crippen LogP contribution in [0.2, 0.25) is 0 Å². The van der Waals surface area contributed by atoms with Crippen LogP contribution in [0.4, 0.5) is 0 Å². The zero-order chi connectivity index (χ0) is 30.7. The maximum Gasteiger partial charge on any atom is -0.00179 e. The van der Waals surface area contributed by atoms with E-state index < -0.39 is 0 Å². The molecule has 8 aromatic rings. The number of hydrogen-bond donors (Lipinski definition) is 0. The SMILES string of the molecule is Cc1cc(-c2ccc(-c3ccc(-c4ccc(-c5ccccc5)cc4)cc3)cc2)c2ccc3cc(C(C)(C)C)cc4ccc1c2c43. The average Bonchev–Trinajstić information content (AvgIpc) is 3.08. The standard InChI is InChI=1S/C45H36/c1-29-26-42(41-25-23-38-28-39(45(2,3)4)27-37-22-24-40(29)44(41)43(37)38)36-20-18-35(19-21-36)34-16-14-33(15-17-34)32-12-10-31(11-13-32)30-8-6-5-7-9-30/h5-28H,1-4H3. The van der Waals surface area contributed by atoms with Gasteiger partial charge >= 0.3 is 0 Å². The van der Waals surface area contributed by atoms with E-state index in [0.29, 0.717) is 0 Å².